The van der Waals surface area contributed by atoms with E-state index in [1.807, 2.05) is 18.3 Å². The Kier molecular flexibility index (Phi) is 6.07. The first-order valence-corrected chi connectivity index (χ1v) is 10.3. The lowest BCUT2D eigenvalue weighted by molar-refractivity contribution is 0.0697. The molecule has 1 heterocycles. The van der Waals surface area contributed by atoms with Gasteiger partial charge in [-0.1, -0.05) is 41.9 Å². The molecule has 4 nitrogen and oxygen atoms in total. The molecule has 32 heavy (non-hydrogen) atoms. The van der Waals surface area contributed by atoms with Gasteiger partial charge in [0.25, 0.3) is 0 Å². The Morgan fingerprint density at radius 3 is 2.41 bits per heavy atom. The van der Waals surface area contributed by atoms with Crippen LogP contribution in [0.15, 0.2) is 72.9 Å². The standard InChI is InChI=1S/C26H18ClFN2O2/c27-22-7-10-24-21(13-20(15-29)18-3-5-19(6-4-18)26(31)32)16-30(25(24)14-22)12-11-17-1-8-23(28)9-2-17/h1-10,13-14,16H,11-12H2,(H,31,32)/b20-13+. The van der Waals surface area contributed by atoms with Crippen molar-refractivity contribution in [2.45, 2.75) is 13.0 Å². The monoisotopic (exact) mass is 444 g/mol. The van der Waals surface area contributed by atoms with Crippen LogP contribution in [0.2, 0.25) is 5.02 Å². The molecule has 0 radical (unpaired) electrons. The zero-order chi connectivity index (χ0) is 22.7. The van der Waals surface area contributed by atoms with Gasteiger partial charge in [0.05, 0.1) is 22.7 Å². The molecule has 1 aromatic heterocycles. The molecule has 0 saturated heterocycles. The van der Waals surface area contributed by atoms with Crippen molar-refractivity contribution < 1.29 is 14.3 Å². The molecule has 0 aliphatic rings. The smallest absolute Gasteiger partial charge is 0.335 e. The van der Waals surface area contributed by atoms with Crippen LogP contribution in [0.25, 0.3) is 22.6 Å². The number of fused-ring (bicyclic) bond motifs is 1. The molecule has 0 amide bonds. The Morgan fingerprint density at radius 1 is 1.06 bits per heavy atom. The average Bonchev–Trinajstić information content (AvgIpc) is 3.13. The molecule has 0 bridgehead atoms. The van der Waals surface area contributed by atoms with E-state index in [2.05, 4.69) is 10.6 Å². The highest BCUT2D eigenvalue weighted by molar-refractivity contribution is 6.31. The predicted octanol–water partition coefficient (Wildman–Crippen LogP) is 6.44. The molecule has 0 aliphatic carbocycles. The number of carbonyl (C=O) groups is 1. The maximum atomic E-state index is 13.2. The van der Waals surface area contributed by atoms with Crippen LogP contribution in [-0.2, 0) is 13.0 Å². The molecular formula is C26H18ClFN2O2. The average molecular weight is 445 g/mol. The second-order valence-electron chi connectivity index (χ2n) is 7.37. The summed E-state index contributed by atoms with van der Waals surface area (Å²) in [6, 6.07) is 20.5. The van der Waals surface area contributed by atoms with Gasteiger partial charge in [-0.3, -0.25) is 0 Å². The van der Waals surface area contributed by atoms with Gasteiger partial charge in [0.1, 0.15) is 5.82 Å². The third-order valence-corrected chi connectivity index (χ3v) is 5.53. The number of halogens is 2. The normalized spacial score (nSPS) is 11.5. The first-order valence-electron chi connectivity index (χ1n) is 9.93. The Balaban J connectivity index is 1.70. The largest absolute Gasteiger partial charge is 0.478 e. The number of carboxylic acids is 1. The molecule has 3 aromatic carbocycles. The Bertz CT molecular complexity index is 1360. The number of rotatable bonds is 6. The third-order valence-electron chi connectivity index (χ3n) is 5.29. The van der Waals surface area contributed by atoms with Gasteiger partial charge in [-0.25, -0.2) is 9.18 Å². The van der Waals surface area contributed by atoms with Crippen LogP contribution < -0.4 is 0 Å². The van der Waals surface area contributed by atoms with Crippen molar-refractivity contribution in [2.24, 2.45) is 0 Å². The number of nitriles is 1. The van der Waals surface area contributed by atoms with E-state index >= 15 is 0 Å². The van der Waals surface area contributed by atoms with Crippen molar-refractivity contribution in [3.05, 3.63) is 106 Å². The number of hydrogen-bond acceptors (Lipinski definition) is 2. The summed E-state index contributed by atoms with van der Waals surface area (Å²) >= 11 is 6.23. The van der Waals surface area contributed by atoms with E-state index in [9.17, 15) is 14.4 Å². The fourth-order valence-electron chi connectivity index (χ4n) is 3.62. The van der Waals surface area contributed by atoms with Crippen LogP contribution in [0.4, 0.5) is 4.39 Å². The fourth-order valence-corrected chi connectivity index (χ4v) is 3.79. The van der Waals surface area contributed by atoms with Gasteiger partial charge in [0, 0.05) is 28.7 Å². The van der Waals surface area contributed by atoms with E-state index in [1.54, 1.807) is 36.4 Å². The summed E-state index contributed by atoms with van der Waals surface area (Å²) in [6.07, 6.45) is 4.47. The maximum absolute atomic E-state index is 13.2. The summed E-state index contributed by atoms with van der Waals surface area (Å²) in [5, 5.41) is 20.4. The molecule has 0 unspecified atom stereocenters. The molecule has 0 fully saturated rings. The summed E-state index contributed by atoms with van der Waals surface area (Å²) < 4.78 is 15.2. The molecular weight excluding hydrogens is 427 g/mol. The zero-order valence-corrected chi connectivity index (χ0v) is 17.7. The van der Waals surface area contributed by atoms with E-state index < -0.39 is 5.97 Å². The van der Waals surface area contributed by atoms with Gasteiger partial charge < -0.3 is 9.67 Å². The highest BCUT2D eigenvalue weighted by atomic mass is 35.5. The Hall–Kier alpha value is -3.88. The lowest BCUT2D eigenvalue weighted by atomic mass is 10.0. The minimum atomic E-state index is -1.01. The van der Waals surface area contributed by atoms with E-state index in [4.69, 9.17) is 16.7 Å². The second kappa shape index (κ2) is 9.09. The van der Waals surface area contributed by atoms with Gasteiger partial charge in [-0.05, 0) is 60.0 Å². The van der Waals surface area contributed by atoms with Gasteiger partial charge in [0.15, 0.2) is 0 Å². The summed E-state index contributed by atoms with van der Waals surface area (Å²) in [5.41, 5.74) is 4.04. The van der Waals surface area contributed by atoms with Crippen LogP contribution in [0.5, 0.6) is 0 Å². The number of allylic oxidation sites excluding steroid dienone is 1. The Labute approximate surface area is 189 Å². The number of benzene rings is 3. The van der Waals surface area contributed by atoms with Gasteiger partial charge in [-0.15, -0.1) is 0 Å². The molecule has 4 rings (SSSR count). The van der Waals surface area contributed by atoms with Crippen molar-refractivity contribution in [1.29, 1.82) is 5.26 Å². The molecule has 0 saturated carbocycles. The second-order valence-corrected chi connectivity index (χ2v) is 7.80. The minimum absolute atomic E-state index is 0.165. The van der Waals surface area contributed by atoms with Crippen molar-refractivity contribution in [3.63, 3.8) is 0 Å². The molecule has 0 atom stereocenters. The maximum Gasteiger partial charge on any atom is 0.335 e. The van der Waals surface area contributed by atoms with E-state index in [-0.39, 0.29) is 11.4 Å². The highest BCUT2D eigenvalue weighted by Gasteiger charge is 2.11. The third kappa shape index (κ3) is 4.56. The topological polar surface area (TPSA) is 66.0 Å². The quantitative estimate of drug-likeness (QED) is 0.348. The number of hydrogen-bond donors (Lipinski definition) is 1. The summed E-state index contributed by atoms with van der Waals surface area (Å²) in [6.45, 7) is 0.658. The van der Waals surface area contributed by atoms with Crippen LogP contribution in [0.3, 0.4) is 0 Å². The van der Waals surface area contributed by atoms with Gasteiger partial charge in [-0.2, -0.15) is 5.26 Å². The predicted molar refractivity (Wildman–Crippen MR) is 124 cm³/mol. The van der Waals surface area contributed by atoms with Gasteiger partial charge in [0.2, 0.25) is 0 Å². The van der Waals surface area contributed by atoms with Crippen LogP contribution >= 0.6 is 11.6 Å². The van der Waals surface area contributed by atoms with Crippen LogP contribution in [-0.4, -0.2) is 15.6 Å². The lowest BCUT2D eigenvalue weighted by Gasteiger charge is -2.06. The van der Waals surface area contributed by atoms with E-state index in [1.165, 1.54) is 24.3 Å². The minimum Gasteiger partial charge on any atom is -0.478 e. The number of aryl methyl sites for hydroxylation is 2. The van der Waals surface area contributed by atoms with Crippen LogP contribution in [0, 0.1) is 17.1 Å². The number of aromatic carboxylic acids is 1. The fraction of sp³-hybridized carbons (Fsp3) is 0.0769. The Morgan fingerprint density at radius 2 is 1.75 bits per heavy atom. The van der Waals surface area contributed by atoms with E-state index in [0.717, 1.165) is 22.0 Å². The molecule has 0 spiro atoms. The first kappa shape index (κ1) is 21.4. The summed E-state index contributed by atoms with van der Waals surface area (Å²) in [5.74, 6) is -1.28. The SMILES string of the molecule is N#C/C(=C\c1cn(CCc2ccc(F)cc2)c2cc(Cl)ccc12)c1ccc(C(=O)O)cc1. The number of nitrogens with zero attached hydrogens (tertiary/aromatic N) is 2. The number of carboxylic acid groups (broad SMARTS) is 1. The van der Waals surface area contributed by atoms with Crippen molar-refractivity contribution >= 4 is 40.1 Å². The van der Waals surface area contributed by atoms with Crippen molar-refractivity contribution in [2.75, 3.05) is 0 Å². The zero-order valence-electron chi connectivity index (χ0n) is 16.9. The molecule has 158 valence electrons. The molecule has 6 heteroatoms. The van der Waals surface area contributed by atoms with E-state index in [0.29, 0.717) is 29.1 Å². The lowest BCUT2D eigenvalue weighted by Crippen LogP contribution is -1.99. The summed E-state index contributed by atoms with van der Waals surface area (Å²) in [7, 11) is 0. The van der Waals surface area contributed by atoms with Crippen LogP contribution in [0.1, 0.15) is 27.0 Å². The molecule has 1 N–H and O–H groups in total. The molecule has 0 aliphatic heterocycles. The van der Waals surface area contributed by atoms with Gasteiger partial charge >= 0.3 is 5.97 Å². The highest BCUT2D eigenvalue weighted by Crippen LogP contribution is 2.29. The molecule has 4 aromatic rings. The number of aromatic nitrogens is 1. The summed E-state index contributed by atoms with van der Waals surface area (Å²) in [4.78, 5) is 11.1. The van der Waals surface area contributed by atoms with Crippen molar-refractivity contribution in [3.8, 4) is 6.07 Å². The van der Waals surface area contributed by atoms with Crippen molar-refractivity contribution in [1.82, 2.24) is 4.57 Å². The first-order chi connectivity index (χ1) is 15.4.